The zero-order chi connectivity index (χ0) is 30.7. The van der Waals surface area contributed by atoms with Crippen LogP contribution in [-0.2, 0) is 0 Å². The molecule has 6 nitrogen and oxygen atoms in total. The number of hydrogen-bond donors (Lipinski definition) is 0. The van der Waals surface area contributed by atoms with Crippen LogP contribution in [0.2, 0.25) is 0 Å². The fourth-order valence-electron chi connectivity index (χ4n) is 6.02. The summed E-state index contributed by atoms with van der Waals surface area (Å²) in [7, 11) is 0. The summed E-state index contributed by atoms with van der Waals surface area (Å²) in [4.78, 5) is 24.1. The van der Waals surface area contributed by atoms with Crippen LogP contribution in [0.25, 0.3) is 44.8 Å². The highest BCUT2D eigenvalue weighted by Crippen LogP contribution is 2.41. The third kappa shape index (κ3) is 5.37. The predicted molar refractivity (Wildman–Crippen MR) is 186 cm³/mol. The van der Waals surface area contributed by atoms with Crippen LogP contribution in [0.3, 0.4) is 0 Å². The molecule has 0 atom stereocenters. The van der Waals surface area contributed by atoms with E-state index in [0.29, 0.717) is 13.1 Å². The van der Waals surface area contributed by atoms with E-state index in [-0.39, 0.29) is 0 Å². The van der Waals surface area contributed by atoms with Gasteiger partial charge >= 0.3 is 0 Å². The third-order valence-corrected chi connectivity index (χ3v) is 8.30. The van der Waals surface area contributed by atoms with Crippen LogP contribution in [0, 0.1) is 0 Å². The Morgan fingerprint density at radius 2 is 0.870 bits per heavy atom. The summed E-state index contributed by atoms with van der Waals surface area (Å²) < 4.78 is 0. The minimum absolute atomic E-state index is 0.668. The summed E-state index contributed by atoms with van der Waals surface area (Å²) in [5.41, 5.74) is 9.35. The number of fused-ring (bicyclic) bond motifs is 1. The van der Waals surface area contributed by atoms with Crippen LogP contribution in [0.4, 0.5) is 23.1 Å². The molecular weight excluding hydrogens is 564 g/mol. The lowest BCUT2D eigenvalue weighted by molar-refractivity contribution is 0.808. The Bertz CT molecular complexity index is 1830. The Morgan fingerprint density at radius 1 is 0.435 bits per heavy atom. The molecule has 220 valence electrons. The maximum atomic E-state index is 5.19. The molecule has 4 heterocycles. The van der Waals surface area contributed by atoms with Gasteiger partial charge in [0.15, 0.2) is 5.82 Å². The highest BCUT2D eigenvalue weighted by Gasteiger charge is 2.29. The van der Waals surface area contributed by atoms with Crippen molar-refractivity contribution in [1.82, 2.24) is 19.9 Å². The van der Waals surface area contributed by atoms with Crippen LogP contribution >= 0.6 is 0 Å². The molecule has 0 amide bonds. The third-order valence-electron chi connectivity index (χ3n) is 8.30. The average Bonchev–Trinajstić information content (AvgIpc) is 3.15. The van der Waals surface area contributed by atoms with Crippen molar-refractivity contribution in [3.05, 3.63) is 158 Å². The molecule has 0 aliphatic carbocycles. The molecule has 7 aromatic rings. The van der Waals surface area contributed by atoms with Gasteiger partial charge in [-0.3, -0.25) is 0 Å². The molecule has 0 N–H and O–H groups in total. The molecule has 0 radical (unpaired) electrons. The monoisotopic (exact) mass is 594 g/mol. The van der Waals surface area contributed by atoms with Gasteiger partial charge in [0.1, 0.15) is 23.7 Å². The quantitative estimate of drug-likeness (QED) is 0.191. The summed E-state index contributed by atoms with van der Waals surface area (Å²) in [6.45, 7) is 1.35. The highest BCUT2D eigenvalue weighted by atomic mass is 15.3. The Balaban J connectivity index is 1.24. The van der Waals surface area contributed by atoms with Gasteiger partial charge in [-0.15, -0.1) is 0 Å². The van der Waals surface area contributed by atoms with E-state index in [1.54, 1.807) is 6.33 Å². The minimum atomic E-state index is 0.668. The van der Waals surface area contributed by atoms with Crippen LogP contribution < -0.4 is 9.80 Å². The normalized spacial score (nSPS) is 12.5. The summed E-state index contributed by atoms with van der Waals surface area (Å²) in [5, 5.41) is 0. The molecule has 0 spiro atoms. The van der Waals surface area contributed by atoms with Gasteiger partial charge in [-0.25, -0.2) is 19.9 Å². The molecule has 6 heteroatoms. The van der Waals surface area contributed by atoms with Crippen molar-refractivity contribution in [2.24, 2.45) is 0 Å². The highest BCUT2D eigenvalue weighted by molar-refractivity contribution is 5.83. The zero-order valence-electron chi connectivity index (χ0n) is 25.1. The van der Waals surface area contributed by atoms with Crippen LogP contribution in [0.1, 0.15) is 0 Å². The number of hydrogen-bond acceptors (Lipinski definition) is 6. The first-order valence-corrected chi connectivity index (χ1v) is 15.4. The second kappa shape index (κ2) is 12.1. The number of anilines is 4. The topological polar surface area (TPSA) is 58.0 Å². The second-order valence-electron chi connectivity index (χ2n) is 11.2. The molecule has 0 saturated heterocycles. The van der Waals surface area contributed by atoms with Crippen molar-refractivity contribution in [3.63, 3.8) is 0 Å². The van der Waals surface area contributed by atoms with Crippen molar-refractivity contribution in [3.8, 4) is 44.8 Å². The molecule has 46 heavy (non-hydrogen) atoms. The maximum Gasteiger partial charge on any atom is 0.161 e. The fourth-order valence-corrected chi connectivity index (χ4v) is 6.02. The Labute approximate surface area is 268 Å². The van der Waals surface area contributed by atoms with E-state index in [1.807, 2.05) is 54.7 Å². The standard InChI is InChI=1S/C40H30N6/c1-5-13-29(14-6-1)33-23-35(31-17-9-3-10-18-31)43-38(25-33)45-21-22-46(40-37(45)27-41-28-42-40)39-26-34(30-15-7-2-8-16-30)24-36(44-39)32-19-11-4-12-20-32/h1-20,23-28H,21-22H2. The van der Waals surface area contributed by atoms with Crippen molar-refractivity contribution in [1.29, 1.82) is 0 Å². The summed E-state index contributed by atoms with van der Waals surface area (Å²) >= 11 is 0. The van der Waals surface area contributed by atoms with E-state index in [0.717, 1.165) is 67.9 Å². The minimum Gasteiger partial charge on any atom is -0.320 e. The SMILES string of the molecule is c1ccc(-c2cc(-c3ccccc3)nc(N3CCN(c4cc(-c5ccccc5)cc(-c5ccccc5)n4)c4ncncc43)c2)cc1. The van der Waals surface area contributed by atoms with Crippen LogP contribution in [0.15, 0.2) is 158 Å². The molecule has 3 aromatic heterocycles. The van der Waals surface area contributed by atoms with Crippen molar-refractivity contribution >= 4 is 23.1 Å². The Morgan fingerprint density at radius 3 is 1.37 bits per heavy atom. The smallest absolute Gasteiger partial charge is 0.161 e. The van der Waals surface area contributed by atoms with Gasteiger partial charge < -0.3 is 9.80 Å². The lowest BCUT2D eigenvalue weighted by Crippen LogP contribution is -2.37. The number of rotatable bonds is 6. The van der Waals surface area contributed by atoms with Gasteiger partial charge in [-0.1, -0.05) is 121 Å². The molecule has 4 aromatic carbocycles. The maximum absolute atomic E-state index is 5.19. The summed E-state index contributed by atoms with van der Waals surface area (Å²) in [6, 6.07) is 50.2. The van der Waals surface area contributed by atoms with Gasteiger partial charge in [0.2, 0.25) is 0 Å². The molecule has 1 aliphatic heterocycles. The predicted octanol–water partition coefficient (Wildman–Crippen LogP) is 9.22. The lowest BCUT2D eigenvalue weighted by Gasteiger charge is -2.36. The second-order valence-corrected chi connectivity index (χ2v) is 11.2. The first kappa shape index (κ1) is 27.4. The van der Waals surface area contributed by atoms with E-state index in [1.165, 1.54) is 0 Å². The molecular formula is C40H30N6. The van der Waals surface area contributed by atoms with Gasteiger partial charge in [0, 0.05) is 24.2 Å². The molecule has 0 unspecified atom stereocenters. The van der Waals surface area contributed by atoms with Crippen molar-refractivity contribution < 1.29 is 0 Å². The number of nitrogens with zero attached hydrogens (tertiary/aromatic N) is 6. The molecule has 1 aliphatic rings. The fraction of sp³-hybridized carbons (Fsp3) is 0.0500. The molecule has 0 fully saturated rings. The molecule has 0 bridgehead atoms. The Kier molecular flexibility index (Phi) is 7.21. The summed E-state index contributed by atoms with van der Waals surface area (Å²) in [5.74, 6) is 2.49. The number of benzene rings is 4. The summed E-state index contributed by atoms with van der Waals surface area (Å²) in [6.07, 6.45) is 3.49. The van der Waals surface area contributed by atoms with E-state index in [9.17, 15) is 0 Å². The van der Waals surface area contributed by atoms with Gasteiger partial charge in [-0.05, 0) is 46.5 Å². The van der Waals surface area contributed by atoms with E-state index in [4.69, 9.17) is 15.0 Å². The first-order valence-electron chi connectivity index (χ1n) is 15.4. The average molecular weight is 595 g/mol. The number of aromatic nitrogens is 4. The molecule has 8 rings (SSSR count). The van der Waals surface area contributed by atoms with Crippen molar-refractivity contribution in [2.45, 2.75) is 0 Å². The molecule has 0 saturated carbocycles. The van der Waals surface area contributed by atoms with Gasteiger partial charge in [-0.2, -0.15) is 0 Å². The van der Waals surface area contributed by atoms with Crippen LogP contribution in [0.5, 0.6) is 0 Å². The van der Waals surface area contributed by atoms with E-state index >= 15 is 0 Å². The number of pyridine rings is 2. The Hall–Kier alpha value is -6.14. The lowest BCUT2D eigenvalue weighted by atomic mass is 10.0. The van der Waals surface area contributed by atoms with E-state index in [2.05, 4.69) is 112 Å². The van der Waals surface area contributed by atoms with Crippen molar-refractivity contribution in [2.75, 3.05) is 22.9 Å². The first-order chi connectivity index (χ1) is 22.8. The van der Waals surface area contributed by atoms with Gasteiger partial charge in [0.25, 0.3) is 0 Å². The van der Waals surface area contributed by atoms with Crippen LogP contribution in [-0.4, -0.2) is 33.0 Å². The van der Waals surface area contributed by atoms with E-state index < -0.39 is 0 Å². The zero-order valence-corrected chi connectivity index (χ0v) is 25.1. The largest absolute Gasteiger partial charge is 0.320 e. The van der Waals surface area contributed by atoms with Gasteiger partial charge in [0.05, 0.1) is 17.6 Å².